The Morgan fingerprint density at radius 3 is 2.41 bits per heavy atom. The van der Waals surface area contributed by atoms with Gasteiger partial charge in [-0.2, -0.15) is 0 Å². The summed E-state index contributed by atoms with van der Waals surface area (Å²) in [5.41, 5.74) is 0. The maximum atomic E-state index is 11.5. The number of carbonyl (C=O) groups is 2. The van der Waals surface area contributed by atoms with Crippen molar-refractivity contribution in [3.05, 3.63) is 0 Å². The molecule has 0 N–H and O–H groups in total. The Hall–Kier alpha value is -1.54. The van der Waals surface area contributed by atoms with Gasteiger partial charge < -0.3 is 9.64 Å². The smallest absolute Gasteiger partial charge is 0.306 e. The van der Waals surface area contributed by atoms with Gasteiger partial charge in [-0.1, -0.05) is 5.92 Å². The van der Waals surface area contributed by atoms with Gasteiger partial charge in [0, 0.05) is 32.7 Å². The van der Waals surface area contributed by atoms with E-state index in [4.69, 9.17) is 0 Å². The van der Waals surface area contributed by atoms with Gasteiger partial charge in [0.05, 0.1) is 13.5 Å². The van der Waals surface area contributed by atoms with Gasteiger partial charge in [-0.25, -0.2) is 0 Å². The predicted molar refractivity (Wildman–Crippen MR) is 63.1 cm³/mol. The molecule has 0 bridgehead atoms. The van der Waals surface area contributed by atoms with Crippen molar-refractivity contribution in [2.24, 2.45) is 0 Å². The molecule has 0 aromatic heterocycles. The van der Waals surface area contributed by atoms with E-state index in [9.17, 15) is 9.59 Å². The monoisotopic (exact) mass is 238 g/mol. The third-order valence-electron chi connectivity index (χ3n) is 2.75. The van der Waals surface area contributed by atoms with E-state index < -0.39 is 0 Å². The van der Waals surface area contributed by atoms with Crippen LogP contribution < -0.4 is 0 Å². The molecule has 1 fully saturated rings. The van der Waals surface area contributed by atoms with Crippen molar-refractivity contribution >= 4 is 11.9 Å². The predicted octanol–water partition coefficient (Wildman–Crippen LogP) is -0.283. The maximum absolute atomic E-state index is 11.5. The summed E-state index contributed by atoms with van der Waals surface area (Å²) in [6.07, 6.45) is 0.402. The molecule has 0 unspecified atom stereocenters. The molecule has 0 saturated carbocycles. The Balaban J connectivity index is 2.27. The Bertz CT molecular complexity index is 335. The lowest BCUT2D eigenvalue weighted by Gasteiger charge is -2.33. The number of carbonyl (C=O) groups excluding carboxylic acids is 2. The summed E-state index contributed by atoms with van der Waals surface area (Å²) in [6.45, 7) is 5.27. The SMILES string of the molecule is CC#CC(=O)N1CCN(CCC(=O)OC)CC1. The van der Waals surface area contributed by atoms with Gasteiger partial charge in [-0.3, -0.25) is 14.5 Å². The highest BCUT2D eigenvalue weighted by molar-refractivity contribution is 5.93. The molecule has 1 rings (SSSR count). The molecule has 0 atom stereocenters. The largest absolute Gasteiger partial charge is 0.469 e. The van der Waals surface area contributed by atoms with Crippen molar-refractivity contribution < 1.29 is 14.3 Å². The highest BCUT2D eigenvalue weighted by Gasteiger charge is 2.20. The molecule has 1 aliphatic rings. The fraction of sp³-hybridized carbons (Fsp3) is 0.667. The molecule has 1 saturated heterocycles. The first kappa shape index (κ1) is 13.5. The Morgan fingerprint density at radius 2 is 1.88 bits per heavy atom. The zero-order valence-corrected chi connectivity index (χ0v) is 10.4. The van der Waals surface area contributed by atoms with Crippen molar-refractivity contribution in [3.63, 3.8) is 0 Å². The van der Waals surface area contributed by atoms with Gasteiger partial charge in [0.15, 0.2) is 0 Å². The molecule has 0 radical (unpaired) electrons. The number of hydrogen-bond donors (Lipinski definition) is 0. The summed E-state index contributed by atoms with van der Waals surface area (Å²) < 4.78 is 4.58. The molecule has 5 nitrogen and oxygen atoms in total. The van der Waals surface area contributed by atoms with Crippen LogP contribution in [0.5, 0.6) is 0 Å². The summed E-state index contributed by atoms with van der Waals surface area (Å²) >= 11 is 0. The van der Waals surface area contributed by atoms with Crippen LogP contribution in [0.4, 0.5) is 0 Å². The summed E-state index contributed by atoms with van der Waals surface area (Å²) in [5.74, 6) is 4.84. The van der Waals surface area contributed by atoms with Crippen LogP contribution in [-0.4, -0.2) is 61.5 Å². The van der Waals surface area contributed by atoms with Crippen molar-refractivity contribution in [3.8, 4) is 11.8 Å². The number of nitrogens with zero attached hydrogens (tertiary/aromatic N) is 2. The van der Waals surface area contributed by atoms with Crippen LogP contribution in [-0.2, 0) is 14.3 Å². The van der Waals surface area contributed by atoms with Gasteiger partial charge in [-0.15, -0.1) is 0 Å². The van der Waals surface area contributed by atoms with E-state index in [1.807, 2.05) is 0 Å². The number of esters is 1. The van der Waals surface area contributed by atoms with Gasteiger partial charge in [-0.05, 0) is 12.8 Å². The molecule has 94 valence electrons. The minimum atomic E-state index is -0.194. The van der Waals surface area contributed by atoms with E-state index in [0.29, 0.717) is 26.1 Å². The summed E-state index contributed by atoms with van der Waals surface area (Å²) in [5, 5.41) is 0. The van der Waals surface area contributed by atoms with Crippen LogP contribution in [0.15, 0.2) is 0 Å². The molecule has 0 aromatic carbocycles. The molecule has 0 spiro atoms. The van der Waals surface area contributed by atoms with Crippen LogP contribution >= 0.6 is 0 Å². The second-order valence-electron chi connectivity index (χ2n) is 3.83. The van der Waals surface area contributed by atoms with Gasteiger partial charge in [0.2, 0.25) is 0 Å². The number of piperazine rings is 1. The molecule has 1 heterocycles. The van der Waals surface area contributed by atoms with Crippen LogP contribution in [0, 0.1) is 11.8 Å². The molecular weight excluding hydrogens is 220 g/mol. The number of methoxy groups -OCH3 is 1. The number of ether oxygens (including phenoxy) is 1. The van der Waals surface area contributed by atoms with Gasteiger partial charge in [0.25, 0.3) is 5.91 Å². The summed E-state index contributed by atoms with van der Waals surface area (Å²) in [4.78, 5) is 26.4. The van der Waals surface area contributed by atoms with Crippen molar-refractivity contribution in [2.75, 3.05) is 39.8 Å². The minimum Gasteiger partial charge on any atom is -0.469 e. The third kappa shape index (κ3) is 4.45. The molecule has 0 aromatic rings. The number of hydrogen-bond acceptors (Lipinski definition) is 4. The lowest BCUT2D eigenvalue weighted by Crippen LogP contribution is -2.48. The van der Waals surface area contributed by atoms with Crippen LogP contribution in [0.2, 0.25) is 0 Å². The molecule has 1 amide bonds. The fourth-order valence-corrected chi connectivity index (χ4v) is 1.71. The van der Waals surface area contributed by atoms with Crippen LogP contribution in [0.25, 0.3) is 0 Å². The highest BCUT2D eigenvalue weighted by atomic mass is 16.5. The molecule has 1 aliphatic heterocycles. The average molecular weight is 238 g/mol. The molecule has 0 aliphatic carbocycles. The molecule has 5 heteroatoms. The summed E-state index contributed by atoms with van der Waals surface area (Å²) in [7, 11) is 1.39. The first-order valence-electron chi connectivity index (χ1n) is 5.68. The normalized spacial score (nSPS) is 16.0. The van der Waals surface area contributed by atoms with Crippen LogP contribution in [0.1, 0.15) is 13.3 Å². The lowest BCUT2D eigenvalue weighted by molar-refractivity contribution is -0.141. The van der Waals surface area contributed by atoms with Crippen molar-refractivity contribution in [2.45, 2.75) is 13.3 Å². The van der Waals surface area contributed by atoms with Crippen molar-refractivity contribution in [1.29, 1.82) is 0 Å². The Labute approximate surface area is 102 Å². The number of rotatable bonds is 3. The Kier molecular flexibility index (Phi) is 5.50. The van der Waals surface area contributed by atoms with Gasteiger partial charge in [0.1, 0.15) is 0 Å². The standard InChI is InChI=1S/C12H18N2O3/c1-3-4-11(15)14-9-7-13(8-10-14)6-5-12(16)17-2/h5-10H2,1-2H3. The quantitative estimate of drug-likeness (QED) is 0.501. The van der Waals surface area contributed by atoms with E-state index >= 15 is 0 Å². The number of amides is 1. The third-order valence-corrected chi connectivity index (χ3v) is 2.75. The van der Waals surface area contributed by atoms with E-state index in [1.165, 1.54) is 7.11 Å². The van der Waals surface area contributed by atoms with E-state index in [0.717, 1.165) is 13.1 Å². The molecular formula is C12H18N2O3. The van der Waals surface area contributed by atoms with Crippen LogP contribution in [0.3, 0.4) is 0 Å². The zero-order valence-electron chi connectivity index (χ0n) is 10.4. The average Bonchev–Trinajstić information content (AvgIpc) is 2.36. The van der Waals surface area contributed by atoms with Gasteiger partial charge >= 0.3 is 5.97 Å². The topological polar surface area (TPSA) is 49.9 Å². The lowest BCUT2D eigenvalue weighted by atomic mass is 10.3. The second kappa shape index (κ2) is 6.92. The maximum Gasteiger partial charge on any atom is 0.306 e. The fourth-order valence-electron chi connectivity index (χ4n) is 1.71. The van der Waals surface area contributed by atoms with E-state index in [1.54, 1.807) is 11.8 Å². The zero-order chi connectivity index (χ0) is 12.7. The van der Waals surface area contributed by atoms with E-state index in [2.05, 4.69) is 21.5 Å². The highest BCUT2D eigenvalue weighted by Crippen LogP contribution is 2.03. The van der Waals surface area contributed by atoms with Crippen molar-refractivity contribution in [1.82, 2.24) is 9.80 Å². The van der Waals surface area contributed by atoms with E-state index in [-0.39, 0.29) is 11.9 Å². The first-order chi connectivity index (χ1) is 8.17. The second-order valence-corrected chi connectivity index (χ2v) is 3.83. The summed E-state index contributed by atoms with van der Waals surface area (Å²) in [6, 6.07) is 0. The Morgan fingerprint density at radius 1 is 1.24 bits per heavy atom. The minimum absolute atomic E-state index is 0.111. The first-order valence-corrected chi connectivity index (χ1v) is 5.68. The molecule has 17 heavy (non-hydrogen) atoms.